The molecule has 0 N–H and O–H groups in total. The molecule has 0 aromatic heterocycles. The number of allylic oxidation sites excluding steroid dienone is 18. The summed E-state index contributed by atoms with van der Waals surface area (Å²) >= 11 is 0. The Bertz CT molecular complexity index is 3720. The van der Waals surface area contributed by atoms with Gasteiger partial charge in [-0.15, -0.1) is 26.3 Å². The molecular weight excluding hydrogens is 1240 g/mol. The molecule has 0 spiro atoms. The Morgan fingerprint density at radius 2 is 0.951 bits per heavy atom. The van der Waals surface area contributed by atoms with E-state index in [0.29, 0.717) is 10.8 Å². The first-order chi connectivity index (χ1) is 50.1. The summed E-state index contributed by atoms with van der Waals surface area (Å²) in [6.45, 7) is 39.8. The Morgan fingerprint density at radius 3 is 1.52 bits per heavy atom. The monoisotopic (exact) mass is 1370 g/mol. The normalized spacial score (nSPS) is 58.3. The predicted molar refractivity (Wildman–Crippen MR) is 428 cm³/mol. The molecular formula is C103H136. The fourth-order valence-electron chi connectivity index (χ4n) is 38.1. The standard InChI is InChI=1S/C20H28.C20H22.3C16H22.C15H20/c2*1-2-15-16-11-17(18(15)12-6-4-3-5-7-12)20-14-9-8-13(10-14)19(16)20;1-4-12-7-11-9-16(12,3)14-13(11)10-5-6-15(14,2)8-10;1-4-10-7-13-9(3)14(10)16-12-6-5-11(8(12)2)15(13)16;1-3-9(2)13-7-12-8-14(13)16-11-5-4-10(6-11)15(12)16;1-8(2)12-6-11-7-13(12)15-10-4-3-9(5-10)14(11)15/h2,8-9,12-20H,1,3-7,10-11H2;2-9,13-20H,1,10-11H2;4-6,10-14H,1,7-9H2,2-3H3;4-6,8-16H,1,7H2,2-3H3;4-5,10-16H,2-3,6-8H2,1H3;3-4,9-15H,1,5-7H2,2H3. The second kappa shape index (κ2) is 24.8. The molecule has 46 atom stereocenters. The van der Waals surface area contributed by atoms with Crippen LogP contribution in [-0.2, 0) is 0 Å². The summed E-state index contributed by atoms with van der Waals surface area (Å²) in [6.07, 6.45) is 69.3. The summed E-state index contributed by atoms with van der Waals surface area (Å²) in [5.74, 6) is 43.5. The lowest BCUT2D eigenvalue weighted by molar-refractivity contribution is 0.0560. The van der Waals surface area contributed by atoms with Crippen LogP contribution in [0.3, 0.4) is 0 Å². The molecule has 1 aromatic carbocycles. The van der Waals surface area contributed by atoms with Crippen LogP contribution in [0.4, 0.5) is 0 Å². The van der Waals surface area contributed by atoms with Crippen LogP contribution in [0.15, 0.2) is 178 Å². The Balaban J connectivity index is 0.0000000804. The van der Waals surface area contributed by atoms with Crippen molar-refractivity contribution < 1.29 is 0 Å². The maximum Gasteiger partial charge on any atom is -0.00649 e. The van der Waals surface area contributed by atoms with Gasteiger partial charge in [-0.05, 0) is 386 Å². The van der Waals surface area contributed by atoms with E-state index in [2.05, 4.69) is 209 Å². The third kappa shape index (κ3) is 9.48. The average molecular weight is 1370 g/mol. The van der Waals surface area contributed by atoms with E-state index in [9.17, 15) is 0 Å². The lowest BCUT2D eigenvalue weighted by atomic mass is 9.58. The van der Waals surface area contributed by atoms with E-state index in [1.807, 2.05) is 0 Å². The molecule has 0 amide bonds. The van der Waals surface area contributed by atoms with Crippen molar-refractivity contribution in [3.05, 3.63) is 184 Å². The Labute approximate surface area is 626 Å². The number of benzene rings is 1. The van der Waals surface area contributed by atoms with E-state index in [0.717, 1.165) is 266 Å². The number of rotatable bonds is 9. The maximum absolute atomic E-state index is 4.33. The molecule has 0 heteroatoms. The van der Waals surface area contributed by atoms with Gasteiger partial charge in [0.25, 0.3) is 0 Å². The van der Waals surface area contributed by atoms with Gasteiger partial charge in [0.15, 0.2) is 0 Å². The molecule has 24 bridgehead atoms. The van der Waals surface area contributed by atoms with E-state index in [1.165, 1.54) is 128 Å². The van der Waals surface area contributed by atoms with Crippen LogP contribution in [0.2, 0.25) is 0 Å². The van der Waals surface area contributed by atoms with E-state index < -0.39 is 0 Å². The minimum absolute atomic E-state index is 0.528. The van der Waals surface area contributed by atoms with Crippen LogP contribution in [-0.4, -0.2) is 0 Å². The van der Waals surface area contributed by atoms with Gasteiger partial charge in [0.05, 0.1) is 0 Å². The fourth-order valence-corrected chi connectivity index (χ4v) is 38.1. The highest BCUT2D eigenvalue weighted by Crippen LogP contribution is 2.78. The first-order valence-electron chi connectivity index (χ1n) is 45.1. The van der Waals surface area contributed by atoms with E-state index in [1.54, 1.807) is 17.6 Å². The summed E-state index contributed by atoms with van der Waals surface area (Å²) in [5.41, 5.74) is 5.69. The lowest BCUT2D eigenvalue weighted by Crippen LogP contribution is -2.41. The van der Waals surface area contributed by atoms with E-state index in [-0.39, 0.29) is 0 Å². The van der Waals surface area contributed by atoms with Crippen LogP contribution < -0.4 is 0 Å². The van der Waals surface area contributed by atoms with Crippen molar-refractivity contribution in [2.24, 2.45) is 271 Å². The van der Waals surface area contributed by atoms with Crippen LogP contribution >= 0.6 is 0 Å². The topological polar surface area (TPSA) is 0 Å². The molecule has 0 saturated heterocycles. The van der Waals surface area contributed by atoms with Gasteiger partial charge in [0.1, 0.15) is 0 Å². The summed E-state index contributed by atoms with van der Waals surface area (Å²) in [7, 11) is 0. The number of fused-ring (bicyclic) bond motifs is 54. The molecule has 0 aliphatic heterocycles. The molecule has 548 valence electrons. The van der Waals surface area contributed by atoms with E-state index >= 15 is 0 Å². The summed E-state index contributed by atoms with van der Waals surface area (Å²) in [5, 5.41) is 0. The molecule has 103 heavy (non-hydrogen) atoms. The van der Waals surface area contributed by atoms with Gasteiger partial charge in [-0.3, -0.25) is 0 Å². The molecule has 25 aliphatic carbocycles. The van der Waals surface area contributed by atoms with Crippen molar-refractivity contribution >= 4 is 0 Å². The quantitative estimate of drug-likeness (QED) is 0.171. The van der Waals surface area contributed by atoms with Crippen molar-refractivity contribution in [3.63, 3.8) is 0 Å². The van der Waals surface area contributed by atoms with Crippen molar-refractivity contribution in [2.75, 3.05) is 0 Å². The molecule has 19 fully saturated rings. The van der Waals surface area contributed by atoms with Gasteiger partial charge in [-0.2, -0.15) is 0 Å². The third-order valence-electron chi connectivity index (χ3n) is 40.4. The van der Waals surface area contributed by atoms with Gasteiger partial charge >= 0.3 is 0 Å². The predicted octanol–water partition coefficient (Wildman–Crippen LogP) is 25.2. The highest BCUT2D eigenvalue weighted by Gasteiger charge is 2.72. The van der Waals surface area contributed by atoms with Gasteiger partial charge in [0.2, 0.25) is 0 Å². The molecule has 19 saturated carbocycles. The lowest BCUT2D eigenvalue weighted by Gasteiger charge is -2.46. The summed E-state index contributed by atoms with van der Waals surface area (Å²) < 4.78 is 0. The molecule has 0 nitrogen and oxygen atoms in total. The largest absolute Gasteiger partial charge is 0.103 e. The Kier molecular flexibility index (Phi) is 16.2. The van der Waals surface area contributed by atoms with Crippen molar-refractivity contribution in [1.29, 1.82) is 0 Å². The zero-order chi connectivity index (χ0) is 69.7. The molecule has 1 aromatic rings. The zero-order valence-corrected chi connectivity index (χ0v) is 65.0. The minimum Gasteiger partial charge on any atom is -0.103 e. The molecule has 46 unspecified atom stereocenters. The SMILES string of the molecule is C=C(C)C1CC2CC1C1C3C=CC(C3)C21.C=C(CC)C1CC2CC1C1C3C=CC(C3)C21.C=CC1C2CC(C1C1CCCCC1)C1C3C=CC(C3)C21.C=CC1C2CC(C1c1ccccc1)C1C3C=CC(C3)C21.C=CC1CC2C(C)C1C1C3C=CC(C3C)C21.C=CC1CC2CC1(C)C1C2C2C=CC1(C)C2. The van der Waals surface area contributed by atoms with Crippen molar-refractivity contribution in [2.45, 2.75) is 176 Å². The van der Waals surface area contributed by atoms with Crippen LogP contribution in [0.25, 0.3) is 0 Å². The van der Waals surface area contributed by atoms with Crippen LogP contribution in [0.5, 0.6) is 0 Å². The van der Waals surface area contributed by atoms with Crippen LogP contribution in [0, 0.1) is 271 Å². The second-order valence-corrected chi connectivity index (χ2v) is 43.1. The Morgan fingerprint density at radius 1 is 0.417 bits per heavy atom. The molecule has 25 aliphatic rings. The maximum atomic E-state index is 4.33. The Hall–Kier alpha value is -3.90. The van der Waals surface area contributed by atoms with Crippen molar-refractivity contribution in [3.8, 4) is 0 Å². The van der Waals surface area contributed by atoms with Crippen molar-refractivity contribution in [1.82, 2.24) is 0 Å². The highest BCUT2D eigenvalue weighted by molar-refractivity contribution is 5.35. The first-order valence-corrected chi connectivity index (χ1v) is 45.1. The van der Waals surface area contributed by atoms with Gasteiger partial charge in [-0.25, -0.2) is 0 Å². The summed E-state index contributed by atoms with van der Waals surface area (Å²) in [4.78, 5) is 0. The highest BCUT2D eigenvalue weighted by atomic mass is 14.8. The number of hydrogen-bond donors (Lipinski definition) is 0. The summed E-state index contributed by atoms with van der Waals surface area (Å²) in [6, 6.07) is 11.3. The van der Waals surface area contributed by atoms with Gasteiger partial charge in [0, 0.05) is 0 Å². The molecule has 0 heterocycles. The minimum atomic E-state index is 0.528. The van der Waals surface area contributed by atoms with Gasteiger partial charge in [-0.1, -0.05) is 219 Å². The smallest absolute Gasteiger partial charge is 0.00649 e. The van der Waals surface area contributed by atoms with Crippen LogP contribution in [0.1, 0.15) is 181 Å². The van der Waals surface area contributed by atoms with E-state index in [4.69, 9.17) is 0 Å². The second-order valence-electron chi connectivity index (χ2n) is 43.1. The van der Waals surface area contributed by atoms with Gasteiger partial charge < -0.3 is 0 Å². The number of hydrogen-bond acceptors (Lipinski definition) is 0. The molecule has 26 rings (SSSR count). The molecule has 0 radical (unpaired) electrons. The first kappa shape index (κ1) is 67.2. The third-order valence-corrected chi connectivity index (χ3v) is 40.4. The zero-order valence-electron chi connectivity index (χ0n) is 65.0. The fraction of sp³-hybridized carbons (Fsp3) is 0.709. The average Bonchev–Trinajstić information content (AvgIpc) is 1.49.